The summed E-state index contributed by atoms with van der Waals surface area (Å²) in [6, 6.07) is 13.0. The average Bonchev–Trinajstić information content (AvgIpc) is 3.10. The van der Waals surface area contributed by atoms with Crippen LogP contribution in [0.25, 0.3) is 6.08 Å². The third-order valence-corrected chi connectivity index (χ3v) is 5.18. The van der Waals surface area contributed by atoms with Gasteiger partial charge in [0.1, 0.15) is 5.70 Å². The average molecular weight is 421 g/mol. The number of nitro groups is 1. The number of piperazine rings is 1. The van der Waals surface area contributed by atoms with E-state index in [2.05, 4.69) is 10.6 Å². The first-order chi connectivity index (χ1) is 14.9. The molecule has 0 atom stereocenters. The molecule has 0 radical (unpaired) electrons. The molecule has 0 saturated carbocycles. The third kappa shape index (κ3) is 4.22. The molecule has 0 spiro atoms. The predicted molar refractivity (Wildman–Crippen MR) is 112 cm³/mol. The molecule has 0 aliphatic carbocycles. The maximum atomic E-state index is 12.6. The Hall–Kier alpha value is -4.21. The fourth-order valence-corrected chi connectivity index (χ4v) is 3.59. The maximum Gasteiger partial charge on any atom is 0.326 e. The van der Waals surface area contributed by atoms with Gasteiger partial charge in [-0.15, -0.1) is 0 Å². The maximum absolute atomic E-state index is 12.6. The predicted octanol–water partition coefficient (Wildman–Crippen LogP) is 1.74. The monoisotopic (exact) mass is 421 g/mol. The van der Waals surface area contributed by atoms with Crippen LogP contribution in [0.4, 0.5) is 16.2 Å². The molecule has 2 aromatic carbocycles. The molecular weight excluding hydrogens is 402 g/mol. The first-order valence-corrected chi connectivity index (χ1v) is 9.64. The number of benzene rings is 2. The first kappa shape index (κ1) is 20.1. The number of urea groups is 1. The summed E-state index contributed by atoms with van der Waals surface area (Å²) in [4.78, 5) is 50.4. The second-order valence-electron chi connectivity index (χ2n) is 7.11. The lowest BCUT2D eigenvalue weighted by atomic mass is 10.1. The van der Waals surface area contributed by atoms with E-state index in [1.54, 1.807) is 29.2 Å². The molecule has 4 rings (SSSR count). The van der Waals surface area contributed by atoms with Crippen molar-refractivity contribution in [3.63, 3.8) is 0 Å². The Morgan fingerprint density at radius 1 is 1.00 bits per heavy atom. The molecule has 0 aromatic heterocycles. The van der Waals surface area contributed by atoms with Gasteiger partial charge in [0.05, 0.1) is 10.5 Å². The number of rotatable bonds is 4. The van der Waals surface area contributed by atoms with E-state index in [1.165, 1.54) is 12.1 Å². The molecule has 31 heavy (non-hydrogen) atoms. The molecular formula is C21H19N5O5. The van der Waals surface area contributed by atoms with Crippen molar-refractivity contribution in [2.45, 2.75) is 0 Å². The quantitative estimate of drug-likeness (QED) is 0.335. The normalized spacial score (nSPS) is 17.5. The minimum atomic E-state index is -0.672. The lowest BCUT2D eigenvalue weighted by Crippen LogP contribution is -2.48. The van der Waals surface area contributed by atoms with Crippen LogP contribution < -0.4 is 15.5 Å². The van der Waals surface area contributed by atoms with Crippen molar-refractivity contribution in [2.24, 2.45) is 0 Å². The summed E-state index contributed by atoms with van der Waals surface area (Å²) in [7, 11) is 0. The molecule has 2 saturated heterocycles. The molecule has 2 aromatic rings. The van der Waals surface area contributed by atoms with Crippen molar-refractivity contribution in [1.29, 1.82) is 0 Å². The molecule has 2 aliphatic rings. The highest BCUT2D eigenvalue weighted by Gasteiger charge is 2.26. The van der Waals surface area contributed by atoms with Crippen molar-refractivity contribution in [3.05, 3.63) is 75.5 Å². The fraction of sp³-hybridized carbons (Fsp3) is 0.190. The van der Waals surface area contributed by atoms with Crippen LogP contribution in [0.1, 0.15) is 15.9 Å². The summed E-state index contributed by atoms with van der Waals surface area (Å²) >= 11 is 0. The van der Waals surface area contributed by atoms with E-state index >= 15 is 0 Å². The topological polar surface area (TPSA) is 125 Å². The first-order valence-electron chi connectivity index (χ1n) is 9.64. The Morgan fingerprint density at radius 3 is 2.32 bits per heavy atom. The van der Waals surface area contributed by atoms with E-state index in [-0.39, 0.29) is 22.9 Å². The summed E-state index contributed by atoms with van der Waals surface area (Å²) < 4.78 is 0. The number of imide groups is 1. The number of hydrogen-bond donors (Lipinski definition) is 2. The number of carbonyl (C=O) groups is 3. The summed E-state index contributed by atoms with van der Waals surface area (Å²) in [6.07, 6.45) is 1.29. The molecule has 2 aliphatic heterocycles. The van der Waals surface area contributed by atoms with Crippen LogP contribution >= 0.6 is 0 Å². The Labute approximate surface area is 177 Å². The zero-order valence-corrected chi connectivity index (χ0v) is 16.4. The van der Waals surface area contributed by atoms with E-state index in [1.807, 2.05) is 23.1 Å². The molecule has 4 amide bonds. The van der Waals surface area contributed by atoms with Gasteiger partial charge in [-0.25, -0.2) is 4.79 Å². The van der Waals surface area contributed by atoms with Gasteiger partial charge in [0.2, 0.25) is 0 Å². The van der Waals surface area contributed by atoms with Gasteiger partial charge in [-0.2, -0.15) is 0 Å². The minimum absolute atomic E-state index is 0.0302. The van der Waals surface area contributed by atoms with Crippen LogP contribution in [0.2, 0.25) is 0 Å². The Kier molecular flexibility index (Phi) is 5.35. The summed E-state index contributed by atoms with van der Waals surface area (Å²) in [5.74, 6) is -0.671. The molecule has 0 unspecified atom stereocenters. The largest absolute Gasteiger partial charge is 0.368 e. The number of nitrogens with one attached hydrogen (secondary N) is 2. The molecule has 10 nitrogen and oxygen atoms in total. The lowest BCUT2D eigenvalue weighted by Gasteiger charge is -2.36. The molecule has 2 heterocycles. The van der Waals surface area contributed by atoms with E-state index in [4.69, 9.17) is 0 Å². The van der Waals surface area contributed by atoms with Gasteiger partial charge < -0.3 is 15.1 Å². The van der Waals surface area contributed by atoms with Gasteiger partial charge in [0.25, 0.3) is 17.5 Å². The van der Waals surface area contributed by atoms with Crippen molar-refractivity contribution < 1.29 is 19.3 Å². The van der Waals surface area contributed by atoms with Crippen LogP contribution in [-0.4, -0.2) is 53.8 Å². The Bertz CT molecular complexity index is 1090. The van der Waals surface area contributed by atoms with E-state index < -0.39 is 16.9 Å². The zero-order chi connectivity index (χ0) is 22.0. The number of amides is 4. The van der Waals surface area contributed by atoms with Crippen LogP contribution in [-0.2, 0) is 4.79 Å². The summed E-state index contributed by atoms with van der Waals surface area (Å²) in [5, 5.41) is 15.8. The van der Waals surface area contributed by atoms with Crippen LogP contribution in [0.5, 0.6) is 0 Å². The van der Waals surface area contributed by atoms with Crippen molar-refractivity contribution in [1.82, 2.24) is 15.5 Å². The molecule has 0 bridgehead atoms. The smallest absolute Gasteiger partial charge is 0.326 e. The van der Waals surface area contributed by atoms with E-state index in [0.717, 1.165) is 5.69 Å². The second-order valence-corrected chi connectivity index (χ2v) is 7.11. The summed E-state index contributed by atoms with van der Waals surface area (Å²) in [6.45, 7) is 2.15. The van der Waals surface area contributed by atoms with E-state index in [9.17, 15) is 24.5 Å². The summed E-state index contributed by atoms with van der Waals surface area (Å²) in [5.41, 5.74) is 1.34. The van der Waals surface area contributed by atoms with Crippen molar-refractivity contribution >= 4 is 35.3 Å². The van der Waals surface area contributed by atoms with E-state index in [0.29, 0.717) is 31.7 Å². The van der Waals surface area contributed by atoms with Crippen LogP contribution in [0.3, 0.4) is 0 Å². The number of carbonyl (C=O) groups excluding carboxylic acids is 3. The minimum Gasteiger partial charge on any atom is -0.368 e. The molecule has 158 valence electrons. The Morgan fingerprint density at radius 2 is 1.71 bits per heavy atom. The third-order valence-electron chi connectivity index (χ3n) is 5.18. The SMILES string of the molecule is O=C1NC(=O)/C(=C/c2cc(N3CCN(C(=O)c4ccccc4)CC3)ccc2[N+](=O)[O-])N1. The highest BCUT2D eigenvalue weighted by atomic mass is 16.6. The van der Waals surface area contributed by atoms with Crippen molar-refractivity contribution in [3.8, 4) is 0 Å². The van der Waals surface area contributed by atoms with Crippen LogP contribution in [0.15, 0.2) is 54.2 Å². The highest BCUT2D eigenvalue weighted by Crippen LogP contribution is 2.28. The highest BCUT2D eigenvalue weighted by molar-refractivity contribution is 6.14. The van der Waals surface area contributed by atoms with Gasteiger partial charge in [0, 0.05) is 43.5 Å². The van der Waals surface area contributed by atoms with Gasteiger partial charge >= 0.3 is 6.03 Å². The zero-order valence-electron chi connectivity index (χ0n) is 16.4. The molecule has 2 fully saturated rings. The number of nitrogens with zero attached hydrogens (tertiary/aromatic N) is 3. The van der Waals surface area contributed by atoms with Gasteiger partial charge in [-0.3, -0.25) is 25.0 Å². The van der Waals surface area contributed by atoms with Gasteiger partial charge in [-0.1, -0.05) is 18.2 Å². The Balaban J connectivity index is 1.52. The lowest BCUT2D eigenvalue weighted by molar-refractivity contribution is -0.385. The fourth-order valence-electron chi connectivity index (χ4n) is 3.59. The molecule has 2 N–H and O–H groups in total. The number of nitro benzene ring substituents is 1. The standard InChI is InChI=1S/C21H19N5O5/c27-19-17(22-21(29)23-19)13-15-12-16(6-7-18(15)26(30)31)24-8-10-25(11-9-24)20(28)14-4-2-1-3-5-14/h1-7,12-13H,8-11H2,(H2,22,23,27,29)/b17-13-. The molecule has 10 heteroatoms. The van der Waals surface area contributed by atoms with Gasteiger partial charge in [0.15, 0.2) is 0 Å². The van der Waals surface area contributed by atoms with Crippen LogP contribution in [0, 0.1) is 10.1 Å². The number of hydrogen-bond acceptors (Lipinski definition) is 6. The second kappa shape index (κ2) is 8.27. The number of anilines is 1. The van der Waals surface area contributed by atoms with Gasteiger partial charge in [-0.05, 0) is 30.3 Å². The van der Waals surface area contributed by atoms with Crippen molar-refractivity contribution in [2.75, 3.05) is 31.1 Å².